The highest BCUT2D eigenvalue weighted by atomic mass is 32.2. The standard InChI is InChI=1S/C13H12N2O4S2/c1-21(18,19)13-9(11(14)17)8(12(15)20-13)10(16)7-5-3-2-4-6-7/h2-6H,15H2,1H3,(H2,14,17). The van der Waals surface area contributed by atoms with Crippen molar-refractivity contribution in [1.82, 2.24) is 0 Å². The molecule has 0 aliphatic carbocycles. The molecule has 0 saturated carbocycles. The fraction of sp³-hybridized carbons (Fsp3) is 0.0769. The number of carbonyl (C=O) groups excluding carboxylic acids is 2. The molecule has 0 radical (unpaired) electrons. The van der Waals surface area contributed by atoms with Crippen LogP contribution in [0.2, 0.25) is 0 Å². The quantitative estimate of drug-likeness (QED) is 0.815. The lowest BCUT2D eigenvalue weighted by molar-refractivity contribution is 0.0979. The summed E-state index contributed by atoms with van der Waals surface area (Å²) >= 11 is 0.667. The van der Waals surface area contributed by atoms with E-state index in [-0.39, 0.29) is 20.3 Å². The van der Waals surface area contributed by atoms with E-state index in [9.17, 15) is 18.0 Å². The van der Waals surface area contributed by atoms with Gasteiger partial charge in [0.05, 0.1) is 16.1 Å². The molecule has 0 aliphatic rings. The van der Waals surface area contributed by atoms with E-state index in [2.05, 4.69) is 0 Å². The normalized spacial score (nSPS) is 11.3. The van der Waals surface area contributed by atoms with Crippen molar-refractivity contribution < 1.29 is 18.0 Å². The minimum atomic E-state index is -3.71. The Kier molecular flexibility index (Phi) is 3.84. The van der Waals surface area contributed by atoms with Crippen molar-refractivity contribution in [2.45, 2.75) is 4.21 Å². The van der Waals surface area contributed by atoms with E-state index in [4.69, 9.17) is 11.5 Å². The number of amides is 1. The summed E-state index contributed by atoms with van der Waals surface area (Å²) in [5.74, 6) is -1.53. The second-order valence-electron chi connectivity index (χ2n) is 4.34. The van der Waals surface area contributed by atoms with E-state index in [1.54, 1.807) is 30.3 Å². The Balaban J connectivity index is 2.73. The summed E-state index contributed by atoms with van der Waals surface area (Å²) in [7, 11) is -3.71. The van der Waals surface area contributed by atoms with Gasteiger partial charge in [0.15, 0.2) is 15.6 Å². The number of primary amides is 1. The van der Waals surface area contributed by atoms with Crippen LogP contribution in [0, 0.1) is 0 Å². The van der Waals surface area contributed by atoms with Crippen LogP contribution in [-0.2, 0) is 9.84 Å². The Morgan fingerprint density at radius 3 is 2.14 bits per heavy atom. The van der Waals surface area contributed by atoms with Crippen molar-refractivity contribution in [3.8, 4) is 0 Å². The first kappa shape index (κ1) is 15.2. The molecular formula is C13H12N2O4S2. The lowest BCUT2D eigenvalue weighted by Crippen LogP contribution is -2.18. The van der Waals surface area contributed by atoms with Crippen molar-refractivity contribution in [3.63, 3.8) is 0 Å². The number of rotatable bonds is 4. The van der Waals surface area contributed by atoms with Gasteiger partial charge in [-0.3, -0.25) is 9.59 Å². The molecule has 1 aromatic heterocycles. The summed E-state index contributed by atoms with van der Waals surface area (Å²) in [5, 5.41) is -0.0434. The SMILES string of the molecule is CS(=O)(=O)c1sc(N)c(C(=O)c2ccccc2)c1C(N)=O. The molecule has 0 saturated heterocycles. The molecule has 0 fully saturated rings. The van der Waals surface area contributed by atoms with Gasteiger partial charge in [0.25, 0.3) is 5.91 Å². The van der Waals surface area contributed by atoms with E-state index in [0.717, 1.165) is 6.26 Å². The summed E-state index contributed by atoms with van der Waals surface area (Å²) in [4.78, 5) is 24.1. The third-order valence-corrected chi connectivity index (χ3v) is 5.60. The first-order valence-electron chi connectivity index (χ1n) is 5.75. The van der Waals surface area contributed by atoms with Crippen LogP contribution in [0.15, 0.2) is 34.5 Å². The van der Waals surface area contributed by atoms with Gasteiger partial charge >= 0.3 is 0 Å². The molecule has 4 N–H and O–H groups in total. The van der Waals surface area contributed by atoms with Crippen molar-refractivity contribution in [3.05, 3.63) is 47.0 Å². The van der Waals surface area contributed by atoms with Gasteiger partial charge in [-0.05, 0) is 0 Å². The van der Waals surface area contributed by atoms with Crippen LogP contribution in [0.5, 0.6) is 0 Å². The zero-order valence-corrected chi connectivity index (χ0v) is 12.6. The van der Waals surface area contributed by atoms with Gasteiger partial charge in [-0.15, -0.1) is 11.3 Å². The van der Waals surface area contributed by atoms with E-state index < -0.39 is 21.5 Å². The third-order valence-electron chi connectivity index (χ3n) is 2.75. The Hall–Kier alpha value is -2.19. The Labute approximate surface area is 125 Å². The van der Waals surface area contributed by atoms with Gasteiger partial charge in [-0.25, -0.2) is 8.42 Å². The van der Waals surface area contributed by atoms with Crippen LogP contribution >= 0.6 is 11.3 Å². The Bertz CT molecular complexity index is 823. The molecule has 6 nitrogen and oxygen atoms in total. The molecule has 2 aromatic rings. The number of ketones is 1. The molecular weight excluding hydrogens is 312 g/mol. The number of hydrogen-bond donors (Lipinski definition) is 2. The van der Waals surface area contributed by atoms with Gasteiger partial charge in [-0.2, -0.15) is 0 Å². The highest BCUT2D eigenvalue weighted by Crippen LogP contribution is 2.35. The summed E-state index contributed by atoms with van der Waals surface area (Å²) in [6.07, 6.45) is 0.932. The van der Waals surface area contributed by atoms with Crippen LogP contribution in [0.1, 0.15) is 26.3 Å². The average molecular weight is 324 g/mol. The maximum Gasteiger partial charge on any atom is 0.251 e. The second kappa shape index (κ2) is 5.30. The van der Waals surface area contributed by atoms with Gasteiger partial charge in [0, 0.05) is 11.8 Å². The average Bonchev–Trinajstić information content (AvgIpc) is 2.76. The highest BCUT2D eigenvalue weighted by molar-refractivity contribution is 7.93. The van der Waals surface area contributed by atoms with Gasteiger partial charge in [0.2, 0.25) is 0 Å². The number of hydrogen-bond acceptors (Lipinski definition) is 6. The number of nitrogens with two attached hydrogens (primary N) is 2. The molecule has 0 bridgehead atoms. The predicted molar refractivity (Wildman–Crippen MR) is 80.2 cm³/mol. The summed E-state index contributed by atoms with van der Waals surface area (Å²) in [6, 6.07) is 8.12. The molecule has 1 aromatic carbocycles. The maximum atomic E-state index is 12.5. The van der Waals surface area contributed by atoms with Crippen LogP contribution in [0.3, 0.4) is 0 Å². The predicted octanol–water partition coefficient (Wildman–Crippen LogP) is 1.06. The third kappa shape index (κ3) is 2.81. The minimum Gasteiger partial charge on any atom is -0.390 e. The summed E-state index contributed by atoms with van der Waals surface area (Å²) in [6.45, 7) is 0. The maximum absolute atomic E-state index is 12.5. The zero-order valence-electron chi connectivity index (χ0n) is 11.0. The lowest BCUT2D eigenvalue weighted by Gasteiger charge is -2.03. The van der Waals surface area contributed by atoms with E-state index in [1.165, 1.54) is 0 Å². The monoisotopic (exact) mass is 324 g/mol. The van der Waals surface area contributed by atoms with Crippen molar-refractivity contribution in [2.24, 2.45) is 5.73 Å². The second-order valence-corrected chi connectivity index (χ2v) is 7.60. The van der Waals surface area contributed by atoms with Crippen LogP contribution in [-0.4, -0.2) is 26.4 Å². The van der Waals surface area contributed by atoms with Gasteiger partial charge in [-0.1, -0.05) is 30.3 Å². The molecule has 2 rings (SSSR count). The molecule has 1 heterocycles. The zero-order chi connectivity index (χ0) is 15.8. The number of sulfone groups is 1. The Morgan fingerprint density at radius 1 is 1.10 bits per heavy atom. The molecule has 110 valence electrons. The van der Waals surface area contributed by atoms with Crippen LogP contribution < -0.4 is 11.5 Å². The van der Waals surface area contributed by atoms with Crippen LogP contribution in [0.25, 0.3) is 0 Å². The fourth-order valence-corrected chi connectivity index (χ4v) is 4.12. The molecule has 1 amide bonds. The van der Waals surface area contributed by atoms with E-state index >= 15 is 0 Å². The number of thiophene rings is 1. The van der Waals surface area contributed by atoms with E-state index in [0.29, 0.717) is 16.9 Å². The smallest absolute Gasteiger partial charge is 0.251 e. The van der Waals surface area contributed by atoms with Crippen molar-refractivity contribution in [2.75, 3.05) is 12.0 Å². The highest BCUT2D eigenvalue weighted by Gasteiger charge is 2.30. The number of carbonyl (C=O) groups is 2. The molecule has 0 spiro atoms. The molecule has 0 unspecified atom stereocenters. The number of nitrogen functional groups attached to an aromatic ring is 1. The first-order chi connectivity index (χ1) is 9.73. The number of anilines is 1. The minimum absolute atomic E-state index is 0.0434. The van der Waals surface area contributed by atoms with Crippen LogP contribution in [0.4, 0.5) is 5.00 Å². The lowest BCUT2D eigenvalue weighted by atomic mass is 10.0. The van der Waals surface area contributed by atoms with Gasteiger partial charge < -0.3 is 11.5 Å². The molecule has 0 aliphatic heterocycles. The fourth-order valence-electron chi connectivity index (χ4n) is 1.87. The van der Waals surface area contributed by atoms with Crippen molar-refractivity contribution in [1.29, 1.82) is 0 Å². The molecule has 21 heavy (non-hydrogen) atoms. The largest absolute Gasteiger partial charge is 0.390 e. The first-order valence-corrected chi connectivity index (χ1v) is 8.46. The van der Waals surface area contributed by atoms with E-state index in [1.807, 2.05) is 0 Å². The van der Waals surface area contributed by atoms with Gasteiger partial charge in [0.1, 0.15) is 4.21 Å². The summed E-state index contributed by atoms with van der Waals surface area (Å²) < 4.78 is 23.2. The van der Waals surface area contributed by atoms with Crippen molar-refractivity contribution >= 4 is 37.9 Å². The molecule has 0 atom stereocenters. The summed E-state index contributed by atoms with van der Waals surface area (Å²) in [5.41, 5.74) is 10.8. The Morgan fingerprint density at radius 2 is 1.67 bits per heavy atom. The molecule has 8 heteroatoms. The number of benzene rings is 1. The topological polar surface area (TPSA) is 120 Å².